The van der Waals surface area contributed by atoms with Gasteiger partial charge in [0.1, 0.15) is 4.32 Å². The van der Waals surface area contributed by atoms with Gasteiger partial charge in [-0.1, -0.05) is 53.8 Å². The number of carbonyl (C=O) groups excluding carboxylic acids is 3. The number of nitrogens with zero attached hydrogens (tertiary/aromatic N) is 1. The molecular weight excluding hydrogens is 432 g/mol. The lowest BCUT2D eigenvalue weighted by atomic mass is 10.1. The van der Waals surface area contributed by atoms with Crippen LogP contribution in [0.5, 0.6) is 0 Å². The molecule has 1 saturated heterocycles. The van der Waals surface area contributed by atoms with Crippen LogP contribution in [0, 0.1) is 6.92 Å². The number of hydrogen-bond acceptors (Lipinski definition) is 6. The highest BCUT2D eigenvalue weighted by atomic mass is 32.2. The van der Waals surface area contributed by atoms with E-state index in [1.165, 1.54) is 16.7 Å². The molecule has 1 fully saturated rings. The molecule has 0 radical (unpaired) electrons. The summed E-state index contributed by atoms with van der Waals surface area (Å²) in [7, 11) is 0. The Bertz CT molecular complexity index is 1030. The SMILES string of the molecule is CCOC(=O)c1ccc(NC(=O)CCN2C(=O)C(=Cc3ccc(C)cc3)SC2=S)cc1. The zero-order chi connectivity index (χ0) is 22.4. The van der Waals surface area contributed by atoms with Crippen molar-refractivity contribution in [3.05, 3.63) is 70.1 Å². The maximum atomic E-state index is 12.7. The predicted molar refractivity (Wildman–Crippen MR) is 127 cm³/mol. The smallest absolute Gasteiger partial charge is 0.338 e. The molecule has 1 heterocycles. The largest absolute Gasteiger partial charge is 0.462 e. The predicted octanol–water partition coefficient (Wildman–Crippen LogP) is 4.40. The van der Waals surface area contributed by atoms with Crippen molar-refractivity contribution in [2.24, 2.45) is 0 Å². The van der Waals surface area contributed by atoms with Gasteiger partial charge >= 0.3 is 5.97 Å². The Labute approximate surface area is 190 Å². The Kier molecular flexibility index (Phi) is 7.59. The number of aryl methyl sites for hydroxylation is 1. The quantitative estimate of drug-likeness (QED) is 0.380. The highest BCUT2D eigenvalue weighted by molar-refractivity contribution is 8.26. The second kappa shape index (κ2) is 10.4. The first-order chi connectivity index (χ1) is 14.9. The molecule has 0 unspecified atom stereocenters. The first-order valence-corrected chi connectivity index (χ1v) is 11.0. The summed E-state index contributed by atoms with van der Waals surface area (Å²) in [6.45, 7) is 4.24. The molecule has 1 aliphatic heterocycles. The Morgan fingerprint density at radius 1 is 1.13 bits per heavy atom. The summed E-state index contributed by atoms with van der Waals surface area (Å²) in [5.74, 6) is -0.851. The van der Waals surface area contributed by atoms with Crippen molar-refractivity contribution >= 4 is 57.8 Å². The number of benzene rings is 2. The normalized spacial score (nSPS) is 14.8. The van der Waals surface area contributed by atoms with Gasteiger partial charge in [0.25, 0.3) is 5.91 Å². The van der Waals surface area contributed by atoms with Crippen LogP contribution in [0.25, 0.3) is 6.08 Å². The molecule has 0 atom stereocenters. The van der Waals surface area contributed by atoms with Crippen LogP contribution in [-0.4, -0.2) is 40.2 Å². The van der Waals surface area contributed by atoms with Crippen molar-refractivity contribution in [2.45, 2.75) is 20.3 Å². The van der Waals surface area contributed by atoms with E-state index in [9.17, 15) is 14.4 Å². The second-order valence-electron chi connectivity index (χ2n) is 6.84. The molecule has 2 aromatic rings. The van der Waals surface area contributed by atoms with E-state index in [0.29, 0.717) is 27.1 Å². The highest BCUT2D eigenvalue weighted by Crippen LogP contribution is 2.32. The van der Waals surface area contributed by atoms with Crippen molar-refractivity contribution in [3.63, 3.8) is 0 Å². The molecule has 1 N–H and O–H groups in total. The number of hydrogen-bond donors (Lipinski definition) is 1. The fourth-order valence-corrected chi connectivity index (χ4v) is 4.16. The first-order valence-electron chi connectivity index (χ1n) is 9.76. The van der Waals surface area contributed by atoms with Gasteiger partial charge < -0.3 is 10.1 Å². The van der Waals surface area contributed by atoms with Gasteiger partial charge in [0.2, 0.25) is 5.91 Å². The van der Waals surface area contributed by atoms with Crippen LogP contribution in [0.2, 0.25) is 0 Å². The highest BCUT2D eigenvalue weighted by Gasteiger charge is 2.32. The van der Waals surface area contributed by atoms with Crippen LogP contribution in [0.4, 0.5) is 5.69 Å². The fraction of sp³-hybridized carbons (Fsp3) is 0.217. The van der Waals surface area contributed by atoms with Crippen LogP contribution in [-0.2, 0) is 14.3 Å². The third-order valence-corrected chi connectivity index (χ3v) is 5.87. The molecule has 0 aliphatic carbocycles. The molecule has 0 spiro atoms. The van der Waals surface area contributed by atoms with Crippen LogP contribution >= 0.6 is 24.0 Å². The standard InChI is InChI=1S/C23H22N2O4S2/c1-3-29-22(28)17-8-10-18(11-9-17)24-20(26)12-13-25-21(27)19(31-23(25)30)14-16-6-4-15(2)5-7-16/h4-11,14H,3,12-13H2,1-2H3,(H,24,26). The van der Waals surface area contributed by atoms with E-state index in [1.807, 2.05) is 37.3 Å². The molecular formula is C23H22N2O4S2. The molecule has 3 rings (SSSR count). The molecule has 6 nitrogen and oxygen atoms in total. The summed E-state index contributed by atoms with van der Waals surface area (Å²) in [6, 6.07) is 14.3. The number of rotatable bonds is 7. The Morgan fingerprint density at radius 2 is 1.81 bits per heavy atom. The molecule has 2 aromatic carbocycles. The molecule has 8 heteroatoms. The second-order valence-corrected chi connectivity index (χ2v) is 8.52. The van der Waals surface area contributed by atoms with Gasteiger partial charge in [-0.2, -0.15) is 0 Å². The van der Waals surface area contributed by atoms with E-state index in [1.54, 1.807) is 31.2 Å². The molecule has 0 aromatic heterocycles. The third kappa shape index (κ3) is 6.02. The molecule has 2 amide bonds. The lowest BCUT2D eigenvalue weighted by Gasteiger charge is -2.14. The number of anilines is 1. The Balaban J connectivity index is 1.55. The van der Waals surface area contributed by atoms with Gasteiger partial charge in [-0.15, -0.1) is 0 Å². The van der Waals surface area contributed by atoms with Gasteiger partial charge in [-0.05, 0) is 49.8 Å². The van der Waals surface area contributed by atoms with Crippen molar-refractivity contribution in [1.29, 1.82) is 0 Å². The van der Waals surface area contributed by atoms with Gasteiger partial charge in [0.15, 0.2) is 0 Å². The van der Waals surface area contributed by atoms with Crippen molar-refractivity contribution in [1.82, 2.24) is 4.90 Å². The molecule has 1 aliphatic rings. The fourth-order valence-electron chi connectivity index (χ4n) is 2.85. The van der Waals surface area contributed by atoms with Gasteiger partial charge in [-0.25, -0.2) is 4.79 Å². The summed E-state index contributed by atoms with van der Waals surface area (Å²) in [4.78, 5) is 38.7. The molecule has 0 bridgehead atoms. The third-order valence-electron chi connectivity index (χ3n) is 4.49. The molecule has 160 valence electrons. The lowest BCUT2D eigenvalue weighted by molar-refractivity contribution is -0.122. The van der Waals surface area contributed by atoms with Crippen molar-refractivity contribution in [3.8, 4) is 0 Å². The number of thiocarbonyl (C=S) groups is 1. The minimum Gasteiger partial charge on any atom is -0.462 e. The zero-order valence-electron chi connectivity index (χ0n) is 17.2. The van der Waals surface area contributed by atoms with Gasteiger partial charge in [0.05, 0.1) is 17.1 Å². The van der Waals surface area contributed by atoms with E-state index in [-0.39, 0.29) is 24.8 Å². The van der Waals surface area contributed by atoms with E-state index in [4.69, 9.17) is 17.0 Å². The van der Waals surface area contributed by atoms with Crippen LogP contribution < -0.4 is 5.32 Å². The van der Waals surface area contributed by atoms with Gasteiger partial charge in [-0.3, -0.25) is 14.5 Å². The summed E-state index contributed by atoms with van der Waals surface area (Å²) < 4.78 is 5.37. The molecule has 31 heavy (non-hydrogen) atoms. The monoisotopic (exact) mass is 454 g/mol. The number of carbonyl (C=O) groups is 3. The van der Waals surface area contributed by atoms with E-state index in [0.717, 1.165) is 11.1 Å². The van der Waals surface area contributed by atoms with E-state index >= 15 is 0 Å². The summed E-state index contributed by atoms with van der Waals surface area (Å²) in [6.07, 6.45) is 1.91. The molecule has 0 saturated carbocycles. The van der Waals surface area contributed by atoms with Crippen molar-refractivity contribution in [2.75, 3.05) is 18.5 Å². The van der Waals surface area contributed by atoms with E-state index in [2.05, 4.69) is 5.32 Å². The number of thioether (sulfide) groups is 1. The minimum atomic E-state index is -0.409. The summed E-state index contributed by atoms with van der Waals surface area (Å²) >= 11 is 6.56. The average Bonchev–Trinajstić information content (AvgIpc) is 3.01. The van der Waals surface area contributed by atoms with E-state index < -0.39 is 5.97 Å². The van der Waals surface area contributed by atoms with Crippen LogP contribution in [0.1, 0.15) is 34.8 Å². The zero-order valence-corrected chi connectivity index (χ0v) is 18.8. The first kappa shape index (κ1) is 22.7. The summed E-state index contributed by atoms with van der Waals surface area (Å²) in [5.41, 5.74) is 3.04. The van der Waals surface area contributed by atoms with Crippen molar-refractivity contribution < 1.29 is 19.1 Å². The average molecular weight is 455 g/mol. The van der Waals surface area contributed by atoms with Gasteiger partial charge in [0, 0.05) is 18.7 Å². The summed E-state index contributed by atoms with van der Waals surface area (Å²) in [5, 5.41) is 2.76. The number of esters is 1. The Hall–Kier alpha value is -2.97. The number of nitrogens with one attached hydrogen (secondary N) is 1. The maximum Gasteiger partial charge on any atom is 0.338 e. The topological polar surface area (TPSA) is 75.7 Å². The number of amides is 2. The van der Waals surface area contributed by atoms with Crippen LogP contribution in [0.3, 0.4) is 0 Å². The minimum absolute atomic E-state index is 0.101. The number of ether oxygens (including phenoxy) is 1. The van der Waals surface area contributed by atoms with Crippen LogP contribution in [0.15, 0.2) is 53.4 Å². The maximum absolute atomic E-state index is 12.7. The Morgan fingerprint density at radius 3 is 2.45 bits per heavy atom. The lowest BCUT2D eigenvalue weighted by Crippen LogP contribution is -2.31.